The summed E-state index contributed by atoms with van der Waals surface area (Å²) >= 11 is 0. The molecular formula is C13H19N5O2S. The summed E-state index contributed by atoms with van der Waals surface area (Å²) < 4.78 is 29.8. The second kappa shape index (κ2) is 5.74. The van der Waals surface area contributed by atoms with E-state index >= 15 is 0 Å². The van der Waals surface area contributed by atoms with Crippen LogP contribution in [0.4, 0.5) is 11.5 Å². The smallest absolute Gasteiger partial charge is 0.302 e. The number of aromatic nitrogens is 2. The highest BCUT2D eigenvalue weighted by atomic mass is 32.2. The van der Waals surface area contributed by atoms with Gasteiger partial charge in [0.25, 0.3) is 0 Å². The Morgan fingerprint density at radius 1 is 1.24 bits per heavy atom. The number of nitrogens with one attached hydrogen (secondary N) is 1. The zero-order chi connectivity index (χ0) is 15.6. The minimum Gasteiger partial charge on any atom is -0.399 e. The Morgan fingerprint density at radius 3 is 2.43 bits per heavy atom. The normalized spacial score (nSPS) is 12.0. The fourth-order valence-corrected chi connectivity index (χ4v) is 2.80. The summed E-state index contributed by atoms with van der Waals surface area (Å²) in [6.45, 7) is 3.60. The van der Waals surface area contributed by atoms with E-state index in [2.05, 4.69) is 9.82 Å². The molecule has 2 rings (SSSR count). The van der Waals surface area contributed by atoms with Crippen LogP contribution in [0, 0.1) is 0 Å². The number of anilines is 2. The molecular weight excluding hydrogens is 290 g/mol. The monoisotopic (exact) mass is 309 g/mol. The third-order valence-corrected chi connectivity index (χ3v) is 4.77. The lowest BCUT2D eigenvalue weighted by atomic mass is 10.3. The Kier molecular flexibility index (Phi) is 4.19. The van der Waals surface area contributed by atoms with E-state index in [1.54, 1.807) is 44.2 Å². The van der Waals surface area contributed by atoms with Gasteiger partial charge in [-0.25, -0.2) is 4.68 Å². The summed E-state index contributed by atoms with van der Waals surface area (Å²) in [5, 5.41) is 4.13. The Hall–Kier alpha value is -2.06. The molecule has 3 N–H and O–H groups in total. The van der Waals surface area contributed by atoms with Crippen LogP contribution in [-0.4, -0.2) is 35.6 Å². The van der Waals surface area contributed by atoms with Gasteiger partial charge in [0, 0.05) is 24.8 Å². The molecule has 0 atom stereocenters. The summed E-state index contributed by atoms with van der Waals surface area (Å²) in [7, 11) is -2.10. The maximum absolute atomic E-state index is 12.2. The van der Waals surface area contributed by atoms with Crippen molar-refractivity contribution >= 4 is 21.7 Å². The highest BCUT2D eigenvalue weighted by Gasteiger charge is 2.22. The number of nitrogens with two attached hydrogens (primary N) is 1. The van der Waals surface area contributed by atoms with Crippen molar-refractivity contribution in [3.8, 4) is 5.69 Å². The van der Waals surface area contributed by atoms with Crippen molar-refractivity contribution in [1.29, 1.82) is 0 Å². The van der Waals surface area contributed by atoms with Gasteiger partial charge in [-0.3, -0.25) is 4.72 Å². The van der Waals surface area contributed by atoms with E-state index in [1.807, 2.05) is 0 Å². The van der Waals surface area contributed by atoms with Crippen LogP contribution >= 0.6 is 0 Å². The van der Waals surface area contributed by atoms with Gasteiger partial charge in [0.05, 0.1) is 11.9 Å². The number of hydrogen-bond acceptors (Lipinski definition) is 4. The van der Waals surface area contributed by atoms with E-state index in [4.69, 9.17) is 5.73 Å². The molecule has 1 aromatic heterocycles. The number of hydrogen-bond donors (Lipinski definition) is 2. The van der Waals surface area contributed by atoms with Crippen LogP contribution in [0.5, 0.6) is 0 Å². The fourth-order valence-electron chi connectivity index (χ4n) is 1.68. The Bertz CT molecular complexity index is 706. The van der Waals surface area contributed by atoms with Gasteiger partial charge >= 0.3 is 10.2 Å². The molecule has 7 nitrogen and oxygen atoms in total. The number of nitrogens with zero attached hydrogens (tertiary/aromatic N) is 3. The van der Waals surface area contributed by atoms with E-state index in [9.17, 15) is 8.42 Å². The van der Waals surface area contributed by atoms with Crippen molar-refractivity contribution in [3.63, 3.8) is 0 Å². The van der Waals surface area contributed by atoms with E-state index in [0.29, 0.717) is 11.5 Å². The van der Waals surface area contributed by atoms with Crippen LogP contribution in [-0.2, 0) is 10.2 Å². The molecule has 1 aromatic carbocycles. The van der Waals surface area contributed by atoms with Gasteiger partial charge in [-0.15, -0.1) is 0 Å². The summed E-state index contributed by atoms with van der Waals surface area (Å²) in [5.74, 6) is 0.368. The molecule has 1 heterocycles. The molecule has 0 saturated carbocycles. The van der Waals surface area contributed by atoms with Crippen molar-refractivity contribution in [1.82, 2.24) is 14.1 Å². The minimum atomic E-state index is -3.62. The highest BCUT2D eigenvalue weighted by Crippen LogP contribution is 2.18. The van der Waals surface area contributed by atoms with Crippen LogP contribution in [0.1, 0.15) is 13.8 Å². The first-order valence-corrected chi connectivity index (χ1v) is 7.91. The van der Waals surface area contributed by atoms with E-state index < -0.39 is 10.2 Å². The zero-order valence-electron chi connectivity index (χ0n) is 12.2. The molecule has 114 valence electrons. The van der Waals surface area contributed by atoms with Gasteiger partial charge < -0.3 is 5.73 Å². The number of benzene rings is 1. The van der Waals surface area contributed by atoms with Gasteiger partial charge in [0.1, 0.15) is 5.82 Å². The lowest BCUT2D eigenvalue weighted by molar-refractivity contribution is 0.414. The summed E-state index contributed by atoms with van der Waals surface area (Å²) in [5.41, 5.74) is 7.00. The van der Waals surface area contributed by atoms with Gasteiger partial charge in [0.2, 0.25) is 0 Å². The lowest BCUT2D eigenvalue weighted by Crippen LogP contribution is -2.37. The van der Waals surface area contributed by atoms with E-state index in [-0.39, 0.29) is 6.04 Å². The molecule has 8 heteroatoms. The third-order valence-electron chi connectivity index (χ3n) is 3.12. The predicted octanol–water partition coefficient (Wildman–Crippen LogP) is 1.45. The summed E-state index contributed by atoms with van der Waals surface area (Å²) in [6.07, 6.45) is 1.53. The van der Waals surface area contributed by atoms with Gasteiger partial charge in [0.15, 0.2) is 0 Å². The molecule has 0 bridgehead atoms. The first-order valence-electron chi connectivity index (χ1n) is 6.47. The maximum atomic E-state index is 12.2. The molecule has 0 aliphatic rings. The largest absolute Gasteiger partial charge is 0.399 e. The highest BCUT2D eigenvalue weighted by molar-refractivity contribution is 7.90. The second-order valence-corrected chi connectivity index (χ2v) is 6.67. The van der Waals surface area contributed by atoms with Crippen LogP contribution < -0.4 is 10.5 Å². The van der Waals surface area contributed by atoms with Gasteiger partial charge in [-0.2, -0.15) is 17.8 Å². The molecule has 0 aliphatic carbocycles. The average Bonchev–Trinajstić information content (AvgIpc) is 2.86. The summed E-state index contributed by atoms with van der Waals surface area (Å²) in [4.78, 5) is 0. The van der Waals surface area contributed by atoms with Crippen molar-refractivity contribution in [2.75, 3.05) is 17.5 Å². The van der Waals surface area contributed by atoms with E-state index in [0.717, 1.165) is 5.69 Å². The van der Waals surface area contributed by atoms with Crippen LogP contribution in [0.25, 0.3) is 5.69 Å². The molecule has 0 amide bonds. The van der Waals surface area contributed by atoms with Gasteiger partial charge in [-0.1, -0.05) is 0 Å². The van der Waals surface area contributed by atoms with E-state index in [1.165, 1.54) is 22.2 Å². The number of nitrogen functional groups attached to an aromatic ring is 1. The molecule has 0 unspecified atom stereocenters. The van der Waals surface area contributed by atoms with Crippen LogP contribution in [0.15, 0.2) is 36.5 Å². The Balaban J connectivity index is 2.31. The molecule has 0 radical (unpaired) electrons. The van der Waals surface area contributed by atoms with Crippen molar-refractivity contribution in [2.45, 2.75) is 19.9 Å². The Labute approximate surface area is 124 Å². The average molecular weight is 309 g/mol. The molecule has 0 saturated heterocycles. The number of rotatable bonds is 5. The quantitative estimate of drug-likeness (QED) is 0.818. The molecule has 0 aliphatic heterocycles. The fraction of sp³-hybridized carbons (Fsp3) is 0.308. The first-order chi connectivity index (χ1) is 9.81. The van der Waals surface area contributed by atoms with Crippen molar-refractivity contribution in [3.05, 3.63) is 36.5 Å². The van der Waals surface area contributed by atoms with Crippen LogP contribution in [0.3, 0.4) is 0 Å². The standard InChI is InChI=1S/C13H19N5O2S/c1-10(2)17(3)21(19,20)16-13-8-9-15-18(13)12-6-4-11(14)5-7-12/h4-10,16H,14H2,1-3H3. The third kappa shape index (κ3) is 3.34. The van der Waals surface area contributed by atoms with Gasteiger partial charge in [-0.05, 0) is 38.1 Å². The zero-order valence-corrected chi connectivity index (χ0v) is 13.0. The first kappa shape index (κ1) is 15.3. The maximum Gasteiger partial charge on any atom is 0.302 e. The molecule has 0 spiro atoms. The van der Waals surface area contributed by atoms with Crippen molar-refractivity contribution in [2.24, 2.45) is 0 Å². The lowest BCUT2D eigenvalue weighted by Gasteiger charge is -2.21. The summed E-state index contributed by atoms with van der Waals surface area (Å²) in [6, 6.07) is 8.46. The topological polar surface area (TPSA) is 93.2 Å². The molecule has 2 aromatic rings. The molecule has 21 heavy (non-hydrogen) atoms. The van der Waals surface area contributed by atoms with Crippen molar-refractivity contribution < 1.29 is 8.42 Å². The second-order valence-electron chi connectivity index (χ2n) is 4.94. The van der Waals surface area contributed by atoms with Crippen LogP contribution in [0.2, 0.25) is 0 Å². The minimum absolute atomic E-state index is 0.143. The molecule has 0 fully saturated rings. The Morgan fingerprint density at radius 2 is 1.86 bits per heavy atom. The predicted molar refractivity (Wildman–Crippen MR) is 83.4 cm³/mol. The SMILES string of the molecule is CC(C)N(C)S(=O)(=O)Nc1ccnn1-c1ccc(N)cc1.